The molecule has 2 bridgehead atoms. The van der Waals surface area contributed by atoms with Gasteiger partial charge < -0.3 is 19.9 Å². The molecule has 1 aliphatic heterocycles. The van der Waals surface area contributed by atoms with E-state index in [1.54, 1.807) is 0 Å². The molecule has 122 valence electrons. The Morgan fingerprint density at radius 1 is 1.13 bits per heavy atom. The van der Waals surface area contributed by atoms with E-state index in [0.717, 1.165) is 24.8 Å². The summed E-state index contributed by atoms with van der Waals surface area (Å²) in [7, 11) is 0. The number of carbonyl (C=O) groups is 2. The highest BCUT2D eigenvalue weighted by molar-refractivity contribution is 5.86. The summed E-state index contributed by atoms with van der Waals surface area (Å²) in [5.41, 5.74) is 0.914. The van der Waals surface area contributed by atoms with Gasteiger partial charge in [-0.2, -0.15) is 0 Å². The molecule has 0 unspecified atom stereocenters. The number of fused-ring (bicyclic) bond motifs is 3. The van der Waals surface area contributed by atoms with Gasteiger partial charge in [0, 0.05) is 6.54 Å². The molecule has 1 aromatic rings. The van der Waals surface area contributed by atoms with Gasteiger partial charge in [-0.3, -0.25) is 9.59 Å². The highest BCUT2D eigenvalue weighted by atomic mass is 16.7. The zero-order valence-corrected chi connectivity index (χ0v) is 12.7. The van der Waals surface area contributed by atoms with Crippen LogP contribution in [0.25, 0.3) is 0 Å². The first-order chi connectivity index (χ1) is 11.1. The molecular formula is C17H19NO5. The molecule has 4 rings (SSSR count). The van der Waals surface area contributed by atoms with Crippen molar-refractivity contribution in [3.05, 3.63) is 23.8 Å². The Balaban J connectivity index is 1.43. The summed E-state index contributed by atoms with van der Waals surface area (Å²) in [4.78, 5) is 24.0. The first-order valence-electron chi connectivity index (χ1n) is 8.02. The lowest BCUT2D eigenvalue weighted by atomic mass is 9.78. The van der Waals surface area contributed by atoms with Crippen LogP contribution >= 0.6 is 0 Å². The fourth-order valence-electron chi connectivity index (χ4n) is 4.38. The number of nitrogens with one attached hydrogen (secondary N) is 1. The van der Waals surface area contributed by atoms with Crippen LogP contribution in [0.1, 0.15) is 24.8 Å². The lowest BCUT2D eigenvalue weighted by molar-refractivity contribution is -0.149. The average Bonchev–Trinajstić information content (AvgIpc) is 3.25. The van der Waals surface area contributed by atoms with Crippen molar-refractivity contribution in [3.8, 4) is 11.5 Å². The third-order valence-corrected chi connectivity index (χ3v) is 5.41. The molecule has 2 aliphatic carbocycles. The molecule has 0 spiro atoms. The maximum Gasteiger partial charge on any atom is 0.307 e. The second kappa shape index (κ2) is 5.44. The summed E-state index contributed by atoms with van der Waals surface area (Å²) in [6.45, 7) is 0.590. The number of ether oxygens (including phenoxy) is 2. The third kappa shape index (κ3) is 2.42. The number of aliphatic carboxylic acids is 1. The molecule has 1 heterocycles. The fraction of sp³-hybridized carbons (Fsp3) is 0.529. The van der Waals surface area contributed by atoms with Crippen LogP contribution in [0, 0.1) is 23.7 Å². The quantitative estimate of drug-likeness (QED) is 0.884. The molecule has 0 saturated heterocycles. The van der Waals surface area contributed by atoms with E-state index in [1.807, 2.05) is 18.2 Å². The van der Waals surface area contributed by atoms with E-state index >= 15 is 0 Å². The summed E-state index contributed by atoms with van der Waals surface area (Å²) in [5, 5.41) is 12.3. The van der Waals surface area contributed by atoms with Gasteiger partial charge in [0.2, 0.25) is 12.7 Å². The van der Waals surface area contributed by atoms with Crippen LogP contribution in [-0.4, -0.2) is 23.8 Å². The number of hydrogen-bond donors (Lipinski definition) is 2. The second-order valence-corrected chi connectivity index (χ2v) is 6.63. The minimum Gasteiger partial charge on any atom is -0.481 e. The van der Waals surface area contributed by atoms with Crippen molar-refractivity contribution >= 4 is 11.9 Å². The fourth-order valence-corrected chi connectivity index (χ4v) is 4.38. The standard InChI is InChI=1S/C17H19NO5/c19-16(14-10-2-3-11(6-10)15(14)17(20)21)18-7-9-1-4-12-13(5-9)23-8-22-12/h1,4-5,10-11,14-15H,2-3,6-8H2,(H,18,19)(H,20,21)/t10-,11-,14+,15+/m0/s1. The SMILES string of the molecule is O=C(O)[C@@H]1[C@H]2CC[C@@H](C2)[C@H]1C(=O)NCc1ccc2c(c1)OCO2. The lowest BCUT2D eigenvalue weighted by Crippen LogP contribution is -2.41. The molecule has 2 N–H and O–H groups in total. The number of rotatable bonds is 4. The van der Waals surface area contributed by atoms with Crippen LogP contribution in [0.2, 0.25) is 0 Å². The van der Waals surface area contributed by atoms with E-state index < -0.39 is 11.9 Å². The van der Waals surface area contributed by atoms with Crippen molar-refractivity contribution in [2.24, 2.45) is 23.7 Å². The van der Waals surface area contributed by atoms with E-state index in [2.05, 4.69) is 5.32 Å². The van der Waals surface area contributed by atoms with Crippen molar-refractivity contribution in [3.63, 3.8) is 0 Å². The number of hydrogen-bond acceptors (Lipinski definition) is 4. The molecule has 1 amide bonds. The van der Waals surface area contributed by atoms with Crippen LogP contribution < -0.4 is 14.8 Å². The maximum absolute atomic E-state index is 12.5. The van der Waals surface area contributed by atoms with E-state index in [0.29, 0.717) is 18.0 Å². The first-order valence-corrected chi connectivity index (χ1v) is 8.02. The molecule has 2 fully saturated rings. The zero-order valence-electron chi connectivity index (χ0n) is 12.7. The molecule has 1 aromatic carbocycles. The number of carboxylic acid groups (broad SMARTS) is 1. The van der Waals surface area contributed by atoms with Crippen molar-refractivity contribution in [1.29, 1.82) is 0 Å². The van der Waals surface area contributed by atoms with Crippen molar-refractivity contribution in [2.75, 3.05) is 6.79 Å². The van der Waals surface area contributed by atoms with Gasteiger partial charge in [-0.05, 0) is 48.8 Å². The van der Waals surface area contributed by atoms with Crippen molar-refractivity contribution in [2.45, 2.75) is 25.8 Å². The van der Waals surface area contributed by atoms with Gasteiger partial charge in [0.05, 0.1) is 11.8 Å². The molecular weight excluding hydrogens is 298 g/mol. The normalized spacial score (nSPS) is 30.4. The highest BCUT2D eigenvalue weighted by Crippen LogP contribution is 2.52. The molecule has 4 atom stereocenters. The molecule has 0 aromatic heterocycles. The zero-order chi connectivity index (χ0) is 16.0. The van der Waals surface area contributed by atoms with Gasteiger partial charge in [0.1, 0.15) is 0 Å². The Kier molecular flexibility index (Phi) is 3.39. The number of benzene rings is 1. The van der Waals surface area contributed by atoms with Gasteiger partial charge in [-0.15, -0.1) is 0 Å². The molecule has 0 radical (unpaired) electrons. The van der Waals surface area contributed by atoms with Crippen LogP contribution in [0.15, 0.2) is 18.2 Å². The molecule has 2 saturated carbocycles. The number of amides is 1. The number of carboxylic acids is 1. The third-order valence-electron chi connectivity index (χ3n) is 5.41. The van der Waals surface area contributed by atoms with Gasteiger partial charge >= 0.3 is 5.97 Å². The predicted octanol–water partition coefficient (Wildman–Crippen LogP) is 1.78. The van der Waals surface area contributed by atoms with Crippen LogP contribution in [0.4, 0.5) is 0 Å². The van der Waals surface area contributed by atoms with Crippen molar-refractivity contribution in [1.82, 2.24) is 5.32 Å². The summed E-state index contributed by atoms with van der Waals surface area (Å²) in [6.07, 6.45) is 2.78. The molecule has 23 heavy (non-hydrogen) atoms. The predicted molar refractivity (Wildman–Crippen MR) is 79.9 cm³/mol. The maximum atomic E-state index is 12.5. The summed E-state index contributed by atoms with van der Waals surface area (Å²) in [5.74, 6) is -0.107. The first kappa shape index (κ1) is 14.4. The molecule has 6 nitrogen and oxygen atoms in total. The Labute approximate surface area is 133 Å². The average molecular weight is 317 g/mol. The monoisotopic (exact) mass is 317 g/mol. The van der Waals surface area contributed by atoms with Gasteiger partial charge in [0.15, 0.2) is 11.5 Å². The van der Waals surface area contributed by atoms with Crippen LogP contribution in [0.3, 0.4) is 0 Å². The van der Waals surface area contributed by atoms with E-state index in [-0.39, 0.29) is 30.5 Å². The largest absolute Gasteiger partial charge is 0.481 e. The minimum atomic E-state index is -0.833. The smallest absolute Gasteiger partial charge is 0.307 e. The second-order valence-electron chi connectivity index (χ2n) is 6.63. The van der Waals surface area contributed by atoms with Gasteiger partial charge in [-0.1, -0.05) is 6.07 Å². The summed E-state index contributed by atoms with van der Waals surface area (Å²) >= 11 is 0. The van der Waals surface area contributed by atoms with Gasteiger partial charge in [-0.25, -0.2) is 0 Å². The van der Waals surface area contributed by atoms with E-state index in [4.69, 9.17) is 9.47 Å². The topological polar surface area (TPSA) is 84.9 Å². The highest BCUT2D eigenvalue weighted by Gasteiger charge is 2.53. The Morgan fingerprint density at radius 3 is 2.65 bits per heavy atom. The Bertz CT molecular complexity index is 658. The summed E-state index contributed by atoms with van der Waals surface area (Å²) in [6, 6.07) is 5.54. The van der Waals surface area contributed by atoms with Crippen LogP contribution in [-0.2, 0) is 16.1 Å². The Morgan fingerprint density at radius 2 is 1.87 bits per heavy atom. The van der Waals surface area contributed by atoms with Crippen molar-refractivity contribution < 1.29 is 24.2 Å². The van der Waals surface area contributed by atoms with E-state index in [9.17, 15) is 14.7 Å². The van der Waals surface area contributed by atoms with Gasteiger partial charge in [0.25, 0.3) is 0 Å². The van der Waals surface area contributed by atoms with E-state index in [1.165, 1.54) is 0 Å². The molecule has 3 aliphatic rings. The lowest BCUT2D eigenvalue weighted by Gasteiger charge is -2.27. The minimum absolute atomic E-state index is 0.137. The molecule has 6 heteroatoms. The summed E-state index contributed by atoms with van der Waals surface area (Å²) < 4.78 is 10.6. The number of carbonyl (C=O) groups excluding carboxylic acids is 1. The Hall–Kier alpha value is -2.24. The van der Waals surface area contributed by atoms with Crippen LogP contribution in [0.5, 0.6) is 11.5 Å².